The van der Waals surface area contributed by atoms with Gasteiger partial charge in [0, 0.05) is 11.8 Å². The molecule has 2 heterocycles. The fraction of sp³-hybridized carbons (Fsp3) is 0.263. The normalized spacial score (nSPS) is 10.4. The predicted molar refractivity (Wildman–Crippen MR) is 99.1 cm³/mol. The Labute approximate surface area is 157 Å². The van der Waals surface area contributed by atoms with E-state index in [1.165, 1.54) is 0 Å². The number of benzene rings is 1. The Morgan fingerprint density at radius 2 is 1.96 bits per heavy atom. The molecule has 0 aliphatic rings. The first kappa shape index (κ1) is 18.4. The summed E-state index contributed by atoms with van der Waals surface area (Å²) in [5, 5.41) is 10.9. The summed E-state index contributed by atoms with van der Waals surface area (Å²) in [6.07, 6.45) is 5.13. The number of hydrogen-bond donors (Lipinski definition) is 1. The molecule has 0 saturated carbocycles. The lowest BCUT2D eigenvalue weighted by Crippen LogP contribution is -2.23. The third-order valence-corrected chi connectivity index (χ3v) is 3.69. The highest BCUT2D eigenvalue weighted by Gasteiger charge is 2.12. The number of aromatic nitrogens is 4. The highest BCUT2D eigenvalue weighted by Crippen LogP contribution is 2.28. The minimum atomic E-state index is -0.227. The van der Waals surface area contributed by atoms with E-state index < -0.39 is 0 Å². The van der Waals surface area contributed by atoms with Crippen molar-refractivity contribution in [2.24, 2.45) is 0 Å². The topological polar surface area (TPSA) is 91.2 Å². The first-order chi connectivity index (χ1) is 13.2. The zero-order valence-corrected chi connectivity index (χ0v) is 15.3. The second-order valence-electron chi connectivity index (χ2n) is 5.58. The van der Waals surface area contributed by atoms with E-state index in [0.29, 0.717) is 36.0 Å². The van der Waals surface area contributed by atoms with Gasteiger partial charge in [-0.25, -0.2) is 4.68 Å². The van der Waals surface area contributed by atoms with Crippen LogP contribution in [0.25, 0.3) is 5.69 Å². The number of rotatable bonds is 8. The maximum atomic E-state index is 12.4. The van der Waals surface area contributed by atoms with Gasteiger partial charge in [0.1, 0.15) is 5.69 Å². The second-order valence-corrected chi connectivity index (χ2v) is 5.58. The van der Waals surface area contributed by atoms with Crippen LogP contribution in [-0.4, -0.2) is 39.1 Å². The van der Waals surface area contributed by atoms with Gasteiger partial charge in [0.2, 0.25) is 0 Å². The first-order valence-corrected chi connectivity index (χ1v) is 8.70. The van der Waals surface area contributed by atoms with Crippen molar-refractivity contribution < 1.29 is 14.3 Å². The van der Waals surface area contributed by atoms with Gasteiger partial charge in [-0.3, -0.25) is 9.78 Å². The van der Waals surface area contributed by atoms with Crippen LogP contribution in [0.5, 0.6) is 11.5 Å². The molecule has 140 valence electrons. The van der Waals surface area contributed by atoms with Crippen LogP contribution in [0, 0.1) is 0 Å². The van der Waals surface area contributed by atoms with Crippen LogP contribution in [0.15, 0.2) is 48.9 Å². The van der Waals surface area contributed by atoms with Crippen molar-refractivity contribution in [3.05, 3.63) is 60.2 Å². The van der Waals surface area contributed by atoms with Crippen molar-refractivity contribution >= 4 is 5.91 Å². The molecule has 2 aromatic heterocycles. The Balaban J connectivity index is 1.66. The van der Waals surface area contributed by atoms with Crippen molar-refractivity contribution in [2.75, 3.05) is 13.2 Å². The molecule has 3 aromatic rings. The van der Waals surface area contributed by atoms with E-state index >= 15 is 0 Å². The van der Waals surface area contributed by atoms with Crippen molar-refractivity contribution in [2.45, 2.75) is 20.4 Å². The highest BCUT2D eigenvalue weighted by molar-refractivity contribution is 5.94. The van der Waals surface area contributed by atoms with Gasteiger partial charge in [0.05, 0.1) is 37.8 Å². The molecule has 0 aliphatic carbocycles. The molecule has 1 amide bonds. The molecule has 0 spiro atoms. The van der Waals surface area contributed by atoms with Crippen LogP contribution in [0.1, 0.15) is 29.9 Å². The van der Waals surface area contributed by atoms with Crippen LogP contribution in [-0.2, 0) is 6.54 Å². The predicted octanol–water partition coefficient (Wildman–Crippen LogP) is 2.39. The number of hydrogen-bond acceptors (Lipinski definition) is 6. The highest BCUT2D eigenvalue weighted by atomic mass is 16.5. The first-order valence-electron chi connectivity index (χ1n) is 8.70. The Morgan fingerprint density at radius 3 is 2.70 bits per heavy atom. The van der Waals surface area contributed by atoms with E-state index in [9.17, 15) is 4.79 Å². The fourth-order valence-corrected chi connectivity index (χ4v) is 2.46. The molecule has 8 heteroatoms. The summed E-state index contributed by atoms with van der Waals surface area (Å²) in [7, 11) is 0. The number of nitrogens with zero attached hydrogens (tertiary/aromatic N) is 4. The molecule has 0 aliphatic heterocycles. The molecular weight excluding hydrogens is 346 g/mol. The second kappa shape index (κ2) is 8.79. The number of pyridine rings is 1. The van der Waals surface area contributed by atoms with Crippen LogP contribution >= 0.6 is 0 Å². The Bertz CT molecular complexity index is 895. The summed E-state index contributed by atoms with van der Waals surface area (Å²) in [6, 6.07) is 8.81. The van der Waals surface area contributed by atoms with E-state index in [-0.39, 0.29) is 12.5 Å². The van der Waals surface area contributed by atoms with Gasteiger partial charge in [0.25, 0.3) is 5.91 Å². The lowest BCUT2D eigenvalue weighted by molar-refractivity contribution is 0.0950. The van der Waals surface area contributed by atoms with Crippen LogP contribution in [0.4, 0.5) is 0 Å². The van der Waals surface area contributed by atoms with E-state index in [1.54, 1.807) is 41.5 Å². The fourth-order valence-electron chi connectivity index (χ4n) is 2.46. The van der Waals surface area contributed by atoms with Crippen LogP contribution in [0.2, 0.25) is 0 Å². The third-order valence-electron chi connectivity index (χ3n) is 3.69. The Kier molecular flexibility index (Phi) is 5.98. The largest absolute Gasteiger partial charge is 0.490 e. The molecule has 1 aromatic carbocycles. The lowest BCUT2D eigenvalue weighted by Gasteiger charge is -2.12. The van der Waals surface area contributed by atoms with Crippen molar-refractivity contribution in [1.29, 1.82) is 0 Å². The maximum Gasteiger partial charge on any atom is 0.251 e. The number of carbonyl (C=O) groups excluding carboxylic acids is 1. The summed E-state index contributed by atoms with van der Waals surface area (Å²) < 4.78 is 12.7. The molecule has 8 nitrogen and oxygen atoms in total. The number of carbonyl (C=O) groups is 1. The van der Waals surface area contributed by atoms with Gasteiger partial charge in [-0.2, -0.15) is 0 Å². The Morgan fingerprint density at radius 1 is 1.15 bits per heavy atom. The number of ether oxygens (including phenoxy) is 2. The van der Waals surface area contributed by atoms with Crippen LogP contribution < -0.4 is 14.8 Å². The lowest BCUT2D eigenvalue weighted by atomic mass is 10.2. The molecule has 0 unspecified atom stereocenters. The quantitative estimate of drug-likeness (QED) is 0.657. The monoisotopic (exact) mass is 367 g/mol. The van der Waals surface area contributed by atoms with Gasteiger partial charge in [-0.05, 0) is 44.2 Å². The maximum absolute atomic E-state index is 12.4. The minimum absolute atomic E-state index is 0.227. The Hall–Kier alpha value is -3.42. The summed E-state index contributed by atoms with van der Waals surface area (Å²) in [5.41, 5.74) is 1.93. The van der Waals surface area contributed by atoms with Crippen molar-refractivity contribution in [3.63, 3.8) is 0 Å². The molecule has 3 rings (SSSR count). The van der Waals surface area contributed by atoms with Crippen molar-refractivity contribution in [1.82, 2.24) is 25.3 Å². The molecular formula is C19H21N5O3. The van der Waals surface area contributed by atoms with E-state index in [0.717, 1.165) is 5.69 Å². The molecule has 0 radical (unpaired) electrons. The SMILES string of the molecule is CCOc1ccc(C(=O)NCc2cn(-c3cccnc3)nn2)cc1OCC. The average molecular weight is 367 g/mol. The van der Waals surface area contributed by atoms with E-state index in [1.807, 2.05) is 26.0 Å². The zero-order valence-electron chi connectivity index (χ0n) is 15.3. The van der Waals surface area contributed by atoms with Gasteiger partial charge in [-0.1, -0.05) is 5.21 Å². The third kappa shape index (κ3) is 4.60. The smallest absolute Gasteiger partial charge is 0.251 e. The zero-order chi connectivity index (χ0) is 19.1. The number of amides is 1. The average Bonchev–Trinajstić information content (AvgIpc) is 3.17. The summed E-state index contributed by atoms with van der Waals surface area (Å²) in [6.45, 7) is 5.06. The molecule has 1 N–H and O–H groups in total. The standard InChI is InChI=1S/C19H21N5O3/c1-3-26-17-8-7-14(10-18(17)27-4-2)19(25)21-11-15-13-24(23-22-15)16-6-5-9-20-12-16/h5-10,12-13H,3-4,11H2,1-2H3,(H,21,25). The summed E-state index contributed by atoms with van der Waals surface area (Å²) in [4.78, 5) is 16.5. The van der Waals surface area contributed by atoms with Gasteiger partial charge >= 0.3 is 0 Å². The van der Waals surface area contributed by atoms with Crippen molar-refractivity contribution in [3.8, 4) is 17.2 Å². The summed E-state index contributed by atoms with van der Waals surface area (Å²) >= 11 is 0. The van der Waals surface area contributed by atoms with E-state index in [2.05, 4.69) is 20.6 Å². The molecule has 0 bridgehead atoms. The van der Waals surface area contributed by atoms with Gasteiger partial charge in [-0.15, -0.1) is 5.10 Å². The number of nitrogens with one attached hydrogen (secondary N) is 1. The van der Waals surface area contributed by atoms with Gasteiger partial charge < -0.3 is 14.8 Å². The summed E-state index contributed by atoms with van der Waals surface area (Å²) in [5.74, 6) is 0.944. The van der Waals surface area contributed by atoms with Crippen LogP contribution in [0.3, 0.4) is 0 Å². The molecule has 0 saturated heterocycles. The molecule has 0 fully saturated rings. The molecule has 0 atom stereocenters. The van der Waals surface area contributed by atoms with Gasteiger partial charge in [0.15, 0.2) is 11.5 Å². The minimum Gasteiger partial charge on any atom is -0.490 e. The van der Waals surface area contributed by atoms with E-state index in [4.69, 9.17) is 9.47 Å². The molecule has 27 heavy (non-hydrogen) atoms.